The monoisotopic (exact) mass is 515 g/mol. The molecular formula is C25H29N3O7S. The molecule has 3 rings (SSSR count). The van der Waals surface area contributed by atoms with Gasteiger partial charge in [-0.05, 0) is 36.5 Å². The number of piperazine rings is 1. The first-order valence-electron chi connectivity index (χ1n) is 11.4. The Balaban J connectivity index is 1.58. The van der Waals surface area contributed by atoms with Crippen LogP contribution in [0.5, 0.6) is 11.5 Å². The fourth-order valence-electron chi connectivity index (χ4n) is 3.46. The molecule has 0 aliphatic carbocycles. The van der Waals surface area contributed by atoms with Gasteiger partial charge in [0.1, 0.15) is 37.4 Å². The molecule has 0 saturated carbocycles. The number of para-hydroxylation sites is 2. The third-order valence-electron chi connectivity index (χ3n) is 5.21. The van der Waals surface area contributed by atoms with E-state index in [0.717, 1.165) is 5.75 Å². The normalized spacial score (nSPS) is 15.0. The van der Waals surface area contributed by atoms with E-state index in [-0.39, 0.29) is 42.8 Å². The van der Waals surface area contributed by atoms with Crippen LogP contribution in [0.25, 0.3) is 0 Å². The third-order valence-corrected chi connectivity index (χ3v) is 5.54. The van der Waals surface area contributed by atoms with Gasteiger partial charge >= 0.3 is 5.97 Å². The minimum absolute atomic E-state index is 0.0340. The molecule has 2 amide bonds. The number of rotatable bonds is 11. The summed E-state index contributed by atoms with van der Waals surface area (Å²) in [5, 5.41) is 5.39. The Bertz CT molecular complexity index is 1050. The van der Waals surface area contributed by atoms with Gasteiger partial charge in [-0.2, -0.15) is 0 Å². The highest BCUT2D eigenvalue weighted by atomic mass is 32.1. The summed E-state index contributed by atoms with van der Waals surface area (Å²) in [6.07, 6.45) is -0.216. The lowest BCUT2D eigenvalue weighted by Crippen LogP contribution is -2.60. The van der Waals surface area contributed by atoms with Gasteiger partial charge in [-0.15, -0.1) is 0 Å². The van der Waals surface area contributed by atoms with Gasteiger partial charge in [-0.1, -0.05) is 30.3 Å². The zero-order valence-corrected chi connectivity index (χ0v) is 20.8. The predicted octanol–water partition coefficient (Wildman–Crippen LogP) is 1.54. The van der Waals surface area contributed by atoms with Crippen molar-refractivity contribution < 1.29 is 33.3 Å². The highest BCUT2D eigenvalue weighted by molar-refractivity contribution is 7.80. The second-order valence-corrected chi connectivity index (χ2v) is 8.07. The van der Waals surface area contributed by atoms with Gasteiger partial charge in [0.25, 0.3) is 5.91 Å². The van der Waals surface area contributed by atoms with E-state index in [2.05, 4.69) is 10.6 Å². The van der Waals surface area contributed by atoms with Gasteiger partial charge in [0.05, 0.1) is 18.6 Å². The van der Waals surface area contributed by atoms with E-state index < -0.39 is 17.9 Å². The fourth-order valence-corrected chi connectivity index (χ4v) is 3.77. The van der Waals surface area contributed by atoms with E-state index in [1.807, 2.05) is 30.3 Å². The van der Waals surface area contributed by atoms with E-state index in [1.54, 1.807) is 24.3 Å². The molecule has 2 aromatic rings. The second-order valence-electron chi connectivity index (χ2n) is 7.68. The number of carbonyl (C=O) groups excluding carboxylic acids is 3. The zero-order chi connectivity index (χ0) is 25.8. The number of nitrogens with zero attached hydrogens (tertiary/aromatic N) is 1. The van der Waals surface area contributed by atoms with Crippen LogP contribution >= 0.6 is 12.2 Å². The van der Waals surface area contributed by atoms with Gasteiger partial charge in [0.15, 0.2) is 5.11 Å². The maximum atomic E-state index is 13.0. The second kappa shape index (κ2) is 14.0. The van der Waals surface area contributed by atoms with Gasteiger partial charge in [0, 0.05) is 20.2 Å². The number of carbonyl (C=O) groups is 3. The van der Waals surface area contributed by atoms with Crippen molar-refractivity contribution in [2.45, 2.75) is 12.5 Å². The molecule has 2 aromatic carbocycles. The summed E-state index contributed by atoms with van der Waals surface area (Å²) in [5.41, 5.74) is 0.275. The molecule has 10 nitrogen and oxygen atoms in total. The van der Waals surface area contributed by atoms with Crippen LogP contribution in [-0.2, 0) is 19.1 Å². The molecule has 36 heavy (non-hydrogen) atoms. The number of hydrogen-bond donors (Lipinski definition) is 2. The smallest absolute Gasteiger partial charge is 0.308 e. The van der Waals surface area contributed by atoms with E-state index >= 15 is 0 Å². The van der Waals surface area contributed by atoms with Crippen molar-refractivity contribution in [1.29, 1.82) is 0 Å². The molecule has 1 saturated heterocycles. The molecule has 1 unspecified atom stereocenters. The standard InChI is InChI=1S/C25H29N3O7S/c1-32-13-14-35-22(29)17-20-24(31)26-11-12-28(20)25(36)27-23(30)19-9-5-6-10-21(19)34-16-15-33-18-7-3-2-4-8-18/h2-10,20H,11-17H2,1H3,(H,26,31)(H,27,30,36). The number of methoxy groups -OCH3 is 1. The highest BCUT2D eigenvalue weighted by Gasteiger charge is 2.34. The molecule has 0 aromatic heterocycles. The molecule has 1 aliphatic heterocycles. The summed E-state index contributed by atoms with van der Waals surface area (Å²) in [6, 6.07) is 15.2. The Morgan fingerprint density at radius 3 is 2.53 bits per heavy atom. The van der Waals surface area contributed by atoms with Gasteiger partial charge in [0.2, 0.25) is 5.91 Å². The van der Waals surface area contributed by atoms with Crippen LogP contribution in [0.1, 0.15) is 16.8 Å². The first-order chi connectivity index (χ1) is 17.5. The first-order valence-corrected chi connectivity index (χ1v) is 11.8. The lowest BCUT2D eigenvalue weighted by Gasteiger charge is -2.36. The highest BCUT2D eigenvalue weighted by Crippen LogP contribution is 2.19. The Morgan fingerprint density at radius 1 is 1.03 bits per heavy atom. The summed E-state index contributed by atoms with van der Waals surface area (Å²) in [6.45, 7) is 1.51. The minimum atomic E-state index is -0.900. The van der Waals surface area contributed by atoms with Crippen molar-refractivity contribution >= 4 is 35.1 Å². The number of hydrogen-bond acceptors (Lipinski definition) is 8. The van der Waals surface area contributed by atoms with E-state index in [1.165, 1.54) is 12.0 Å². The number of thiocarbonyl (C=S) groups is 1. The quantitative estimate of drug-likeness (QED) is 0.261. The Morgan fingerprint density at radius 2 is 1.75 bits per heavy atom. The third kappa shape index (κ3) is 7.92. The zero-order valence-electron chi connectivity index (χ0n) is 19.9. The van der Waals surface area contributed by atoms with Crippen LogP contribution in [0.3, 0.4) is 0 Å². The number of ether oxygens (including phenoxy) is 4. The number of benzene rings is 2. The van der Waals surface area contributed by atoms with E-state index in [9.17, 15) is 14.4 Å². The van der Waals surface area contributed by atoms with Crippen LogP contribution < -0.4 is 20.1 Å². The largest absolute Gasteiger partial charge is 0.490 e. The van der Waals surface area contributed by atoms with Crippen LogP contribution in [0, 0.1) is 0 Å². The first kappa shape index (κ1) is 26.9. The van der Waals surface area contributed by atoms with Crippen molar-refractivity contribution in [3.8, 4) is 11.5 Å². The maximum absolute atomic E-state index is 13.0. The molecule has 1 atom stereocenters. The molecule has 2 N–H and O–H groups in total. The predicted molar refractivity (Wildman–Crippen MR) is 135 cm³/mol. The molecule has 0 spiro atoms. The van der Waals surface area contributed by atoms with E-state index in [4.69, 9.17) is 31.2 Å². The molecule has 1 heterocycles. The van der Waals surface area contributed by atoms with Crippen molar-refractivity contribution in [2.75, 3.05) is 46.6 Å². The Hall–Kier alpha value is -3.70. The average Bonchev–Trinajstić information content (AvgIpc) is 2.88. The van der Waals surface area contributed by atoms with Crippen LogP contribution in [-0.4, -0.2) is 80.5 Å². The van der Waals surface area contributed by atoms with Crippen molar-refractivity contribution in [1.82, 2.24) is 15.5 Å². The van der Waals surface area contributed by atoms with Crippen LogP contribution in [0.2, 0.25) is 0 Å². The molecule has 0 radical (unpaired) electrons. The summed E-state index contributed by atoms with van der Waals surface area (Å²) in [5.74, 6) is -0.343. The SMILES string of the molecule is COCCOC(=O)CC1C(=O)NCCN1C(=S)NC(=O)c1ccccc1OCCOc1ccccc1. The minimum Gasteiger partial charge on any atom is -0.490 e. The molecule has 192 valence electrons. The number of amides is 2. The van der Waals surface area contributed by atoms with Crippen LogP contribution in [0.15, 0.2) is 54.6 Å². The summed E-state index contributed by atoms with van der Waals surface area (Å²) < 4.78 is 21.3. The molecule has 1 aliphatic rings. The van der Waals surface area contributed by atoms with Crippen LogP contribution in [0.4, 0.5) is 0 Å². The molecular weight excluding hydrogens is 486 g/mol. The van der Waals surface area contributed by atoms with Crippen molar-refractivity contribution in [2.24, 2.45) is 0 Å². The molecule has 11 heteroatoms. The average molecular weight is 516 g/mol. The van der Waals surface area contributed by atoms with Gasteiger partial charge in [-0.3, -0.25) is 19.7 Å². The van der Waals surface area contributed by atoms with Gasteiger partial charge < -0.3 is 29.2 Å². The fraction of sp³-hybridized carbons (Fsp3) is 0.360. The summed E-state index contributed by atoms with van der Waals surface area (Å²) >= 11 is 5.42. The van der Waals surface area contributed by atoms with Crippen molar-refractivity contribution in [3.63, 3.8) is 0 Å². The molecule has 1 fully saturated rings. The maximum Gasteiger partial charge on any atom is 0.308 e. The Kier molecular flexibility index (Phi) is 10.5. The lowest BCUT2D eigenvalue weighted by atomic mass is 10.1. The topological polar surface area (TPSA) is 115 Å². The van der Waals surface area contributed by atoms with E-state index in [0.29, 0.717) is 25.4 Å². The van der Waals surface area contributed by atoms with Gasteiger partial charge in [-0.25, -0.2) is 0 Å². The number of esters is 1. The Labute approximate surface area is 214 Å². The molecule has 0 bridgehead atoms. The number of nitrogens with one attached hydrogen (secondary N) is 2. The van der Waals surface area contributed by atoms with Crippen molar-refractivity contribution in [3.05, 3.63) is 60.2 Å². The summed E-state index contributed by atoms with van der Waals surface area (Å²) in [7, 11) is 1.49. The lowest BCUT2D eigenvalue weighted by molar-refractivity contribution is -0.148. The summed E-state index contributed by atoms with van der Waals surface area (Å²) in [4.78, 5) is 39.1.